The highest BCUT2D eigenvalue weighted by atomic mass is 14.4. The second-order valence-electron chi connectivity index (χ2n) is 4.40. The van der Waals surface area contributed by atoms with Gasteiger partial charge in [-0.25, -0.2) is 0 Å². The summed E-state index contributed by atoms with van der Waals surface area (Å²) in [6, 6.07) is 0. The minimum absolute atomic E-state index is 0.620. The van der Waals surface area contributed by atoms with Gasteiger partial charge in [-0.15, -0.1) is 0 Å². The fourth-order valence-electron chi connectivity index (χ4n) is 2.33. The molecule has 88 valence electrons. The van der Waals surface area contributed by atoms with E-state index in [1.807, 2.05) is 27.7 Å². The Kier molecular flexibility index (Phi) is 9.76. The van der Waals surface area contributed by atoms with Crippen molar-refractivity contribution in [3.63, 3.8) is 0 Å². The third-order valence-electron chi connectivity index (χ3n) is 3.76. The molecule has 0 saturated heterocycles. The van der Waals surface area contributed by atoms with Crippen molar-refractivity contribution in [3.8, 4) is 0 Å². The van der Waals surface area contributed by atoms with Gasteiger partial charge in [0.05, 0.1) is 0 Å². The van der Waals surface area contributed by atoms with Gasteiger partial charge >= 0.3 is 0 Å². The molecule has 1 rings (SSSR count). The van der Waals surface area contributed by atoms with Gasteiger partial charge in [0.25, 0.3) is 0 Å². The molecule has 2 unspecified atom stereocenters. The lowest BCUT2D eigenvalue weighted by molar-refractivity contribution is 0.193. The summed E-state index contributed by atoms with van der Waals surface area (Å²) < 4.78 is 0. The third-order valence-corrected chi connectivity index (χ3v) is 3.76. The Bertz CT molecular complexity index is 113. The van der Waals surface area contributed by atoms with Gasteiger partial charge in [0.1, 0.15) is 0 Å². The van der Waals surface area contributed by atoms with Crippen molar-refractivity contribution in [2.24, 2.45) is 17.3 Å². The molecule has 0 heteroatoms. The van der Waals surface area contributed by atoms with Crippen molar-refractivity contribution in [2.75, 3.05) is 0 Å². The molecule has 1 aliphatic rings. The summed E-state index contributed by atoms with van der Waals surface area (Å²) in [4.78, 5) is 0. The van der Waals surface area contributed by atoms with Crippen molar-refractivity contribution in [3.05, 3.63) is 0 Å². The van der Waals surface area contributed by atoms with Gasteiger partial charge in [0, 0.05) is 0 Å². The fraction of sp³-hybridized carbons (Fsp3) is 1.00. The molecule has 0 radical (unpaired) electrons. The Labute approximate surface area is 92.5 Å². The predicted molar refractivity (Wildman–Crippen MR) is 68.7 cm³/mol. The van der Waals surface area contributed by atoms with Crippen LogP contribution in [-0.2, 0) is 0 Å². The first-order valence-electron chi connectivity index (χ1n) is 6.59. The largest absolute Gasteiger partial charge is 0.0683 e. The Balaban J connectivity index is 0. The lowest BCUT2D eigenvalue weighted by Crippen LogP contribution is -2.22. The maximum atomic E-state index is 2.43. The zero-order chi connectivity index (χ0) is 11.8. The molecule has 0 aromatic heterocycles. The molecule has 14 heavy (non-hydrogen) atoms. The first-order chi connectivity index (χ1) is 6.59. The predicted octanol–water partition coefficient (Wildman–Crippen LogP) is 5.52. The maximum Gasteiger partial charge on any atom is -0.0300 e. The Morgan fingerprint density at radius 3 is 1.57 bits per heavy atom. The molecule has 0 bridgehead atoms. The first kappa shape index (κ1) is 16.4. The summed E-state index contributed by atoms with van der Waals surface area (Å²) in [7, 11) is 0. The van der Waals surface area contributed by atoms with E-state index < -0.39 is 0 Å². The van der Waals surface area contributed by atoms with E-state index >= 15 is 0 Å². The van der Waals surface area contributed by atoms with Gasteiger partial charge in [0.15, 0.2) is 0 Å². The highest BCUT2D eigenvalue weighted by Crippen LogP contribution is 2.48. The van der Waals surface area contributed by atoms with Crippen molar-refractivity contribution in [1.82, 2.24) is 0 Å². The number of hydrogen-bond donors (Lipinski definition) is 0. The highest BCUT2D eigenvalue weighted by Gasteiger charge is 2.38. The van der Waals surface area contributed by atoms with Crippen LogP contribution in [0.15, 0.2) is 0 Å². The third kappa shape index (κ3) is 4.02. The number of rotatable bonds is 1. The van der Waals surface area contributed by atoms with E-state index in [2.05, 4.69) is 27.7 Å². The molecule has 0 spiro atoms. The lowest BCUT2D eigenvalue weighted by atomic mass is 9.75. The normalized spacial score (nSPS) is 28.3. The molecule has 0 heterocycles. The monoisotopic (exact) mass is 200 g/mol. The van der Waals surface area contributed by atoms with Gasteiger partial charge < -0.3 is 0 Å². The van der Waals surface area contributed by atoms with E-state index in [9.17, 15) is 0 Å². The van der Waals surface area contributed by atoms with Gasteiger partial charge in [-0.05, 0) is 30.1 Å². The topological polar surface area (TPSA) is 0 Å². The van der Waals surface area contributed by atoms with Crippen LogP contribution in [0, 0.1) is 17.3 Å². The van der Waals surface area contributed by atoms with Crippen LogP contribution in [0.4, 0.5) is 0 Å². The lowest BCUT2D eigenvalue weighted by Gasteiger charge is -2.30. The standard InChI is InChI=1S/C10H20.2C2H6/c1-5-9-7-6-8(2)10(9,3)4;2*1-2/h8-9H,5-7H2,1-4H3;2*1-2H3. The zero-order valence-corrected chi connectivity index (χ0v) is 11.8. The Hall–Kier alpha value is 0. The minimum atomic E-state index is 0.620. The van der Waals surface area contributed by atoms with E-state index in [0.717, 1.165) is 11.8 Å². The van der Waals surface area contributed by atoms with Crippen LogP contribution in [0.3, 0.4) is 0 Å². The second kappa shape index (κ2) is 8.32. The molecule has 0 aliphatic heterocycles. The molecule has 0 N–H and O–H groups in total. The van der Waals surface area contributed by atoms with Crippen molar-refractivity contribution >= 4 is 0 Å². The minimum Gasteiger partial charge on any atom is -0.0683 e. The Morgan fingerprint density at radius 2 is 1.43 bits per heavy atom. The summed E-state index contributed by atoms with van der Waals surface area (Å²) in [5.74, 6) is 1.93. The first-order valence-corrected chi connectivity index (χ1v) is 6.59. The van der Waals surface area contributed by atoms with Gasteiger partial charge in [-0.3, -0.25) is 0 Å². The van der Waals surface area contributed by atoms with Crippen molar-refractivity contribution in [2.45, 2.75) is 74.7 Å². The van der Waals surface area contributed by atoms with Crippen LogP contribution in [0.2, 0.25) is 0 Å². The van der Waals surface area contributed by atoms with Gasteiger partial charge in [-0.2, -0.15) is 0 Å². The summed E-state index contributed by atoms with van der Waals surface area (Å²) >= 11 is 0. The quantitative estimate of drug-likeness (QED) is 0.523. The van der Waals surface area contributed by atoms with E-state index in [1.54, 1.807) is 0 Å². The summed E-state index contributed by atoms with van der Waals surface area (Å²) in [5.41, 5.74) is 0.620. The van der Waals surface area contributed by atoms with Crippen LogP contribution in [0.5, 0.6) is 0 Å². The van der Waals surface area contributed by atoms with Crippen LogP contribution < -0.4 is 0 Å². The molecule has 1 saturated carbocycles. The van der Waals surface area contributed by atoms with Gasteiger partial charge in [0.2, 0.25) is 0 Å². The summed E-state index contributed by atoms with van der Waals surface area (Å²) in [6.07, 6.45) is 4.29. The SMILES string of the molecule is CC.CC.CCC1CCC(C)C1(C)C. The Morgan fingerprint density at radius 1 is 1.00 bits per heavy atom. The van der Waals surface area contributed by atoms with E-state index in [4.69, 9.17) is 0 Å². The average Bonchev–Trinajstić information content (AvgIpc) is 2.48. The summed E-state index contributed by atoms with van der Waals surface area (Å²) in [6.45, 7) is 17.6. The molecule has 1 fully saturated rings. The zero-order valence-electron chi connectivity index (χ0n) is 11.8. The molecule has 2 atom stereocenters. The molecule has 0 aromatic carbocycles. The van der Waals surface area contributed by atoms with Crippen molar-refractivity contribution in [1.29, 1.82) is 0 Å². The smallest absolute Gasteiger partial charge is 0.0300 e. The fourth-order valence-corrected chi connectivity index (χ4v) is 2.33. The second-order valence-corrected chi connectivity index (χ2v) is 4.40. The molecule has 1 aliphatic carbocycles. The molecule has 0 amide bonds. The molecule has 0 aromatic rings. The highest BCUT2D eigenvalue weighted by molar-refractivity contribution is 4.88. The summed E-state index contributed by atoms with van der Waals surface area (Å²) in [5, 5.41) is 0. The van der Waals surface area contributed by atoms with E-state index in [0.29, 0.717) is 5.41 Å². The van der Waals surface area contributed by atoms with Crippen LogP contribution in [0.1, 0.15) is 74.7 Å². The molecular formula is C14H32. The number of hydrogen-bond acceptors (Lipinski definition) is 0. The van der Waals surface area contributed by atoms with E-state index in [-0.39, 0.29) is 0 Å². The van der Waals surface area contributed by atoms with Crippen LogP contribution in [-0.4, -0.2) is 0 Å². The average molecular weight is 200 g/mol. The molecule has 0 nitrogen and oxygen atoms in total. The van der Waals surface area contributed by atoms with Crippen LogP contribution >= 0.6 is 0 Å². The van der Waals surface area contributed by atoms with Crippen molar-refractivity contribution < 1.29 is 0 Å². The van der Waals surface area contributed by atoms with Gasteiger partial charge in [-0.1, -0.05) is 61.8 Å². The molecular weight excluding hydrogens is 168 g/mol. The maximum absolute atomic E-state index is 2.43. The van der Waals surface area contributed by atoms with Crippen LogP contribution in [0.25, 0.3) is 0 Å². The van der Waals surface area contributed by atoms with E-state index in [1.165, 1.54) is 19.3 Å².